The largest absolute Gasteiger partial charge is 0.507 e. The zero-order valence-electron chi connectivity index (χ0n) is 22.9. The minimum atomic E-state index is -4.16. The molecular formula is C29H35N3O5S. The summed E-state index contributed by atoms with van der Waals surface area (Å²) in [5.41, 5.74) is 2.37. The van der Waals surface area contributed by atoms with Gasteiger partial charge >= 0.3 is 0 Å². The second-order valence-electron chi connectivity index (χ2n) is 10.5. The Kier molecular flexibility index (Phi) is 8.21. The maximum absolute atomic E-state index is 13.7. The van der Waals surface area contributed by atoms with Crippen molar-refractivity contribution in [1.82, 2.24) is 4.90 Å². The lowest BCUT2D eigenvalue weighted by atomic mass is 9.85. The van der Waals surface area contributed by atoms with Crippen LogP contribution in [-0.4, -0.2) is 50.9 Å². The zero-order chi connectivity index (χ0) is 28.4. The van der Waals surface area contributed by atoms with Crippen LogP contribution in [0.5, 0.6) is 5.75 Å². The molecule has 0 aliphatic carbocycles. The van der Waals surface area contributed by atoms with Crippen LogP contribution < -0.4 is 9.62 Å². The SMILES string of the molecule is Cc1ccc(N(CC(=O)Nc2cc(C(=O)N(C)C)ccc2C(C)(C)C)S(=O)(=O)c2ccccc2)c(C)c1O. The van der Waals surface area contributed by atoms with E-state index in [9.17, 15) is 23.1 Å². The van der Waals surface area contributed by atoms with Crippen molar-refractivity contribution < 1.29 is 23.1 Å². The number of anilines is 2. The lowest BCUT2D eigenvalue weighted by Crippen LogP contribution is -2.39. The van der Waals surface area contributed by atoms with Gasteiger partial charge < -0.3 is 15.3 Å². The first-order valence-electron chi connectivity index (χ1n) is 12.2. The van der Waals surface area contributed by atoms with E-state index in [2.05, 4.69) is 5.32 Å². The lowest BCUT2D eigenvalue weighted by Gasteiger charge is -2.27. The molecule has 0 spiro atoms. The minimum absolute atomic E-state index is 0.0150. The molecule has 3 aromatic carbocycles. The molecule has 0 aromatic heterocycles. The Labute approximate surface area is 225 Å². The topological polar surface area (TPSA) is 107 Å². The second-order valence-corrected chi connectivity index (χ2v) is 12.3. The van der Waals surface area contributed by atoms with E-state index in [4.69, 9.17) is 0 Å². The average Bonchev–Trinajstić information content (AvgIpc) is 2.85. The molecule has 3 rings (SSSR count). The van der Waals surface area contributed by atoms with Crippen LogP contribution in [0.1, 0.15) is 47.8 Å². The number of carbonyl (C=O) groups is 2. The van der Waals surface area contributed by atoms with Crippen molar-refractivity contribution >= 4 is 33.2 Å². The van der Waals surface area contributed by atoms with Gasteiger partial charge in [0.2, 0.25) is 5.91 Å². The molecule has 38 heavy (non-hydrogen) atoms. The van der Waals surface area contributed by atoms with Crippen molar-refractivity contribution in [2.45, 2.75) is 44.9 Å². The van der Waals surface area contributed by atoms with Gasteiger partial charge in [-0.25, -0.2) is 8.42 Å². The van der Waals surface area contributed by atoms with Crippen molar-refractivity contribution in [3.05, 3.63) is 82.9 Å². The zero-order valence-corrected chi connectivity index (χ0v) is 23.7. The Balaban J connectivity index is 2.08. The molecule has 202 valence electrons. The molecule has 0 aliphatic rings. The van der Waals surface area contributed by atoms with E-state index in [1.165, 1.54) is 17.0 Å². The fraction of sp³-hybridized carbons (Fsp3) is 0.310. The van der Waals surface area contributed by atoms with Crippen LogP contribution >= 0.6 is 0 Å². The number of hydrogen-bond donors (Lipinski definition) is 2. The third kappa shape index (κ3) is 5.99. The normalized spacial score (nSPS) is 11.7. The first-order chi connectivity index (χ1) is 17.6. The highest BCUT2D eigenvalue weighted by Crippen LogP contribution is 2.35. The van der Waals surface area contributed by atoms with Crippen molar-refractivity contribution in [2.75, 3.05) is 30.3 Å². The van der Waals surface area contributed by atoms with Crippen LogP contribution in [0.25, 0.3) is 0 Å². The molecule has 2 amide bonds. The first-order valence-corrected chi connectivity index (χ1v) is 13.6. The van der Waals surface area contributed by atoms with E-state index < -0.39 is 22.5 Å². The van der Waals surface area contributed by atoms with Gasteiger partial charge in [0.25, 0.3) is 15.9 Å². The summed E-state index contributed by atoms with van der Waals surface area (Å²) in [6, 6.07) is 16.1. The van der Waals surface area contributed by atoms with E-state index in [1.807, 2.05) is 20.8 Å². The summed E-state index contributed by atoms with van der Waals surface area (Å²) in [7, 11) is -0.879. The number of carbonyl (C=O) groups excluding carboxylic acids is 2. The highest BCUT2D eigenvalue weighted by molar-refractivity contribution is 7.92. The number of phenols is 1. The summed E-state index contributed by atoms with van der Waals surface area (Å²) in [6.45, 7) is 8.72. The van der Waals surface area contributed by atoms with Crippen molar-refractivity contribution in [3.63, 3.8) is 0 Å². The number of sulfonamides is 1. The van der Waals surface area contributed by atoms with E-state index in [0.717, 1.165) is 9.87 Å². The van der Waals surface area contributed by atoms with Crippen LogP contribution in [0.15, 0.2) is 65.6 Å². The van der Waals surface area contributed by atoms with Crippen molar-refractivity contribution in [1.29, 1.82) is 0 Å². The molecule has 0 bridgehead atoms. The number of hydrogen-bond acceptors (Lipinski definition) is 5. The summed E-state index contributed by atoms with van der Waals surface area (Å²) >= 11 is 0. The van der Waals surface area contributed by atoms with Crippen molar-refractivity contribution in [3.8, 4) is 5.75 Å². The molecule has 2 N–H and O–H groups in total. The third-order valence-corrected chi connectivity index (χ3v) is 8.02. The third-order valence-electron chi connectivity index (χ3n) is 6.25. The van der Waals surface area contributed by atoms with Gasteiger partial charge in [-0.2, -0.15) is 0 Å². The summed E-state index contributed by atoms with van der Waals surface area (Å²) in [4.78, 5) is 27.5. The molecular weight excluding hydrogens is 502 g/mol. The van der Waals surface area contributed by atoms with Gasteiger partial charge in [-0.05, 0) is 60.7 Å². The summed E-state index contributed by atoms with van der Waals surface area (Å²) < 4.78 is 28.5. The van der Waals surface area contributed by atoms with Gasteiger partial charge in [0, 0.05) is 30.9 Å². The predicted molar refractivity (Wildman–Crippen MR) is 150 cm³/mol. The van der Waals surface area contributed by atoms with Crippen LogP contribution in [-0.2, 0) is 20.2 Å². The number of phenolic OH excluding ortho intramolecular Hbond substituents is 1. The Morgan fingerprint density at radius 1 is 0.947 bits per heavy atom. The van der Waals surface area contributed by atoms with Crippen LogP contribution in [0.2, 0.25) is 0 Å². The van der Waals surface area contributed by atoms with Crippen LogP contribution in [0, 0.1) is 13.8 Å². The van der Waals surface area contributed by atoms with E-state index in [-0.39, 0.29) is 27.7 Å². The highest BCUT2D eigenvalue weighted by Gasteiger charge is 2.30. The molecule has 0 atom stereocenters. The molecule has 3 aromatic rings. The van der Waals surface area contributed by atoms with Gasteiger partial charge in [-0.1, -0.05) is 51.1 Å². The predicted octanol–water partition coefficient (Wildman–Crippen LogP) is 4.84. The molecule has 0 radical (unpaired) electrons. The Morgan fingerprint density at radius 2 is 1.58 bits per heavy atom. The Morgan fingerprint density at radius 3 is 2.16 bits per heavy atom. The highest BCUT2D eigenvalue weighted by atomic mass is 32.2. The quantitative estimate of drug-likeness (QED) is 0.448. The number of nitrogens with one attached hydrogen (secondary N) is 1. The van der Waals surface area contributed by atoms with Gasteiger partial charge in [0.1, 0.15) is 12.3 Å². The summed E-state index contributed by atoms with van der Waals surface area (Å²) in [5.74, 6) is -0.856. The average molecular weight is 538 g/mol. The smallest absolute Gasteiger partial charge is 0.264 e. The second kappa shape index (κ2) is 10.9. The molecule has 0 heterocycles. The van der Waals surface area contributed by atoms with Crippen LogP contribution in [0.4, 0.5) is 11.4 Å². The molecule has 0 fully saturated rings. The molecule has 0 aliphatic heterocycles. The Hall–Kier alpha value is -3.85. The fourth-order valence-electron chi connectivity index (χ4n) is 4.13. The Bertz CT molecular complexity index is 1460. The first kappa shape index (κ1) is 28.7. The standard InChI is InChI=1S/C29H35N3O5S/c1-19-13-16-25(20(2)27(19)34)32(38(36,37)22-11-9-8-10-12-22)18-26(33)30-24-17-21(28(35)31(6)7)14-15-23(24)29(3,4)5/h8-17,34H,18H2,1-7H3,(H,30,33). The minimum Gasteiger partial charge on any atom is -0.507 e. The van der Waals surface area contributed by atoms with E-state index >= 15 is 0 Å². The number of amides is 2. The van der Waals surface area contributed by atoms with Crippen LogP contribution in [0.3, 0.4) is 0 Å². The van der Waals surface area contributed by atoms with Crippen molar-refractivity contribution in [2.24, 2.45) is 0 Å². The van der Waals surface area contributed by atoms with E-state index in [1.54, 1.807) is 76.5 Å². The number of nitrogens with zero attached hydrogens (tertiary/aromatic N) is 2. The number of rotatable bonds is 7. The fourth-order valence-corrected chi connectivity index (χ4v) is 5.63. The molecule has 0 saturated carbocycles. The maximum Gasteiger partial charge on any atom is 0.264 e. The summed E-state index contributed by atoms with van der Waals surface area (Å²) in [6.07, 6.45) is 0. The maximum atomic E-state index is 13.7. The van der Waals surface area contributed by atoms with Gasteiger partial charge in [-0.15, -0.1) is 0 Å². The molecule has 8 nitrogen and oxygen atoms in total. The van der Waals surface area contributed by atoms with Gasteiger partial charge in [0.05, 0.1) is 10.6 Å². The molecule has 0 saturated heterocycles. The molecule has 9 heteroatoms. The monoisotopic (exact) mass is 537 g/mol. The summed E-state index contributed by atoms with van der Waals surface area (Å²) in [5, 5.41) is 13.4. The number of aromatic hydroxyl groups is 1. The van der Waals surface area contributed by atoms with Gasteiger partial charge in [-0.3, -0.25) is 13.9 Å². The molecule has 0 unspecified atom stereocenters. The van der Waals surface area contributed by atoms with E-state index in [0.29, 0.717) is 22.4 Å². The van der Waals surface area contributed by atoms with Gasteiger partial charge in [0.15, 0.2) is 0 Å². The lowest BCUT2D eigenvalue weighted by molar-refractivity contribution is -0.114. The number of aryl methyl sites for hydroxylation is 1. The number of benzene rings is 3.